The van der Waals surface area contributed by atoms with Gasteiger partial charge in [-0.05, 0) is 62.7 Å². The number of hydrogen-bond donors (Lipinski definition) is 0. The van der Waals surface area contributed by atoms with Crippen LogP contribution in [-0.4, -0.2) is 14.8 Å². The molecule has 0 bridgehead atoms. The first-order chi connectivity index (χ1) is 16.3. The SMILES string of the molecule is Cc1ccc(Cn2c(C)c(C=C3SC(=S)N(c4cccc(Cl)c4)C3=O)c3cc(C)ccc32)cc1. The number of thiocarbonyl (C=S) groups is 1. The second-order valence-electron chi connectivity index (χ2n) is 8.59. The van der Waals surface area contributed by atoms with Crippen LogP contribution in [0.25, 0.3) is 17.0 Å². The molecule has 1 fully saturated rings. The van der Waals surface area contributed by atoms with Crippen molar-refractivity contribution in [3.05, 3.63) is 105 Å². The quantitative estimate of drug-likeness (QED) is 0.211. The summed E-state index contributed by atoms with van der Waals surface area (Å²) in [5, 5.41) is 1.71. The van der Waals surface area contributed by atoms with Crippen LogP contribution in [0.2, 0.25) is 5.02 Å². The van der Waals surface area contributed by atoms with Gasteiger partial charge in [-0.1, -0.05) is 83.1 Å². The monoisotopic (exact) mass is 502 g/mol. The Kier molecular flexibility index (Phi) is 6.11. The number of amides is 1. The Morgan fingerprint density at radius 2 is 1.71 bits per heavy atom. The molecule has 6 heteroatoms. The number of hydrogen-bond acceptors (Lipinski definition) is 3. The number of fused-ring (bicyclic) bond motifs is 1. The van der Waals surface area contributed by atoms with E-state index in [1.165, 1.54) is 28.5 Å². The number of rotatable bonds is 4. The second kappa shape index (κ2) is 9.06. The molecule has 0 atom stereocenters. The van der Waals surface area contributed by atoms with Gasteiger partial charge in [0, 0.05) is 33.7 Å². The Bertz CT molecular complexity index is 1480. The van der Waals surface area contributed by atoms with Crippen LogP contribution < -0.4 is 4.90 Å². The topological polar surface area (TPSA) is 25.2 Å². The lowest BCUT2D eigenvalue weighted by Gasteiger charge is -2.14. The molecular formula is C28H23ClN2OS2. The van der Waals surface area contributed by atoms with E-state index < -0.39 is 0 Å². The molecule has 4 aromatic rings. The summed E-state index contributed by atoms with van der Waals surface area (Å²) in [4.78, 5) is 15.5. The summed E-state index contributed by atoms with van der Waals surface area (Å²) in [6, 6.07) is 22.3. The average Bonchev–Trinajstić information content (AvgIpc) is 3.22. The highest BCUT2D eigenvalue weighted by molar-refractivity contribution is 8.27. The summed E-state index contributed by atoms with van der Waals surface area (Å²) in [5.74, 6) is -0.122. The van der Waals surface area contributed by atoms with E-state index in [1.807, 2.05) is 18.2 Å². The van der Waals surface area contributed by atoms with E-state index >= 15 is 0 Å². The van der Waals surface area contributed by atoms with Gasteiger partial charge in [-0.25, -0.2) is 0 Å². The molecule has 2 heterocycles. The zero-order valence-corrected chi connectivity index (χ0v) is 21.5. The van der Waals surface area contributed by atoms with Crippen LogP contribution in [0.5, 0.6) is 0 Å². The van der Waals surface area contributed by atoms with E-state index in [0.29, 0.717) is 19.9 Å². The third-order valence-electron chi connectivity index (χ3n) is 6.12. The number of aromatic nitrogens is 1. The van der Waals surface area contributed by atoms with Crippen molar-refractivity contribution in [2.24, 2.45) is 0 Å². The molecular weight excluding hydrogens is 480 g/mol. The van der Waals surface area contributed by atoms with Crippen LogP contribution >= 0.6 is 35.6 Å². The van der Waals surface area contributed by atoms with Crippen molar-refractivity contribution in [3.63, 3.8) is 0 Å². The standard InChI is InChI=1S/C28H23ClN2OS2/c1-17-7-10-20(11-8-17)16-30-19(3)23(24-13-18(2)9-12-25(24)30)15-26-27(32)31(28(33)34-26)22-6-4-5-21(29)14-22/h4-15H,16H2,1-3H3. The maximum absolute atomic E-state index is 13.4. The van der Waals surface area contributed by atoms with Crippen LogP contribution in [0.15, 0.2) is 71.6 Å². The fraction of sp³-hybridized carbons (Fsp3) is 0.143. The van der Waals surface area contributed by atoms with Crippen LogP contribution in [0.1, 0.15) is 27.9 Å². The number of anilines is 1. The number of halogens is 1. The molecule has 1 saturated heterocycles. The Labute approximate surface area is 214 Å². The van der Waals surface area contributed by atoms with Crippen molar-refractivity contribution in [3.8, 4) is 0 Å². The van der Waals surface area contributed by atoms with Crippen LogP contribution in [0.4, 0.5) is 5.69 Å². The minimum absolute atomic E-state index is 0.122. The summed E-state index contributed by atoms with van der Waals surface area (Å²) in [6.45, 7) is 7.07. The minimum atomic E-state index is -0.122. The molecule has 170 valence electrons. The van der Waals surface area contributed by atoms with E-state index in [0.717, 1.165) is 28.7 Å². The third kappa shape index (κ3) is 4.20. The van der Waals surface area contributed by atoms with Gasteiger partial charge < -0.3 is 4.57 Å². The zero-order chi connectivity index (χ0) is 24.0. The Balaban J connectivity index is 1.59. The maximum atomic E-state index is 13.4. The predicted molar refractivity (Wildman–Crippen MR) is 149 cm³/mol. The molecule has 3 nitrogen and oxygen atoms in total. The molecule has 0 unspecified atom stereocenters. The van der Waals surface area contributed by atoms with E-state index in [4.69, 9.17) is 23.8 Å². The van der Waals surface area contributed by atoms with Gasteiger partial charge in [0.15, 0.2) is 4.32 Å². The van der Waals surface area contributed by atoms with Crippen molar-refractivity contribution in [1.29, 1.82) is 0 Å². The summed E-state index contributed by atoms with van der Waals surface area (Å²) < 4.78 is 2.83. The van der Waals surface area contributed by atoms with Gasteiger partial charge >= 0.3 is 0 Å². The molecule has 1 aromatic heterocycles. The van der Waals surface area contributed by atoms with Gasteiger partial charge in [0.05, 0.1) is 10.6 Å². The Morgan fingerprint density at radius 3 is 2.44 bits per heavy atom. The molecule has 34 heavy (non-hydrogen) atoms. The summed E-state index contributed by atoms with van der Waals surface area (Å²) in [7, 11) is 0. The Morgan fingerprint density at radius 1 is 0.971 bits per heavy atom. The van der Waals surface area contributed by atoms with Gasteiger partial charge in [0.25, 0.3) is 5.91 Å². The normalized spacial score (nSPS) is 15.2. The van der Waals surface area contributed by atoms with E-state index in [1.54, 1.807) is 17.0 Å². The lowest BCUT2D eigenvalue weighted by atomic mass is 10.1. The van der Waals surface area contributed by atoms with Gasteiger partial charge in [0.1, 0.15) is 0 Å². The first-order valence-corrected chi connectivity index (χ1v) is 12.6. The molecule has 3 aromatic carbocycles. The van der Waals surface area contributed by atoms with Crippen molar-refractivity contribution in [1.82, 2.24) is 4.57 Å². The molecule has 0 aliphatic carbocycles. The van der Waals surface area contributed by atoms with Crippen molar-refractivity contribution < 1.29 is 4.79 Å². The smallest absolute Gasteiger partial charge is 0.270 e. The van der Waals surface area contributed by atoms with Gasteiger partial charge in [0.2, 0.25) is 0 Å². The predicted octanol–water partition coefficient (Wildman–Crippen LogP) is 7.67. The highest BCUT2D eigenvalue weighted by atomic mass is 35.5. The minimum Gasteiger partial charge on any atom is -0.340 e. The molecule has 0 saturated carbocycles. The summed E-state index contributed by atoms with van der Waals surface area (Å²) >= 11 is 13.1. The summed E-state index contributed by atoms with van der Waals surface area (Å²) in [5.41, 5.74) is 7.68. The Hall–Kier alpha value is -2.86. The lowest BCUT2D eigenvalue weighted by Crippen LogP contribution is -2.27. The third-order valence-corrected chi connectivity index (χ3v) is 7.66. The molecule has 1 aliphatic heterocycles. The number of carbonyl (C=O) groups is 1. The highest BCUT2D eigenvalue weighted by Crippen LogP contribution is 2.39. The molecule has 0 N–H and O–H groups in total. The first kappa shape index (κ1) is 22.9. The highest BCUT2D eigenvalue weighted by Gasteiger charge is 2.34. The number of benzene rings is 3. The van der Waals surface area contributed by atoms with Crippen molar-refractivity contribution in [2.75, 3.05) is 4.90 Å². The van der Waals surface area contributed by atoms with Crippen LogP contribution in [0, 0.1) is 20.8 Å². The molecule has 0 radical (unpaired) electrons. The fourth-order valence-electron chi connectivity index (χ4n) is 4.32. The van der Waals surface area contributed by atoms with Gasteiger partial charge in [-0.2, -0.15) is 0 Å². The van der Waals surface area contributed by atoms with E-state index in [2.05, 4.69) is 67.8 Å². The van der Waals surface area contributed by atoms with Crippen molar-refractivity contribution >= 4 is 68.5 Å². The van der Waals surface area contributed by atoms with Crippen LogP contribution in [-0.2, 0) is 11.3 Å². The fourth-order valence-corrected chi connectivity index (χ4v) is 5.79. The second-order valence-corrected chi connectivity index (χ2v) is 10.7. The number of carbonyl (C=O) groups excluding carboxylic acids is 1. The van der Waals surface area contributed by atoms with E-state index in [9.17, 15) is 4.79 Å². The molecule has 0 spiro atoms. The maximum Gasteiger partial charge on any atom is 0.270 e. The lowest BCUT2D eigenvalue weighted by molar-refractivity contribution is -0.113. The number of thioether (sulfide) groups is 1. The largest absolute Gasteiger partial charge is 0.340 e. The summed E-state index contributed by atoms with van der Waals surface area (Å²) in [6.07, 6.45) is 1.99. The van der Waals surface area contributed by atoms with Gasteiger partial charge in [-0.3, -0.25) is 9.69 Å². The molecule has 1 amide bonds. The zero-order valence-electron chi connectivity index (χ0n) is 19.1. The van der Waals surface area contributed by atoms with Gasteiger partial charge in [-0.15, -0.1) is 0 Å². The number of nitrogens with zero attached hydrogens (tertiary/aromatic N) is 2. The molecule has 1 aliphatic rings. The van der Waals surface area contributed by atoms with Crippen molar-refractivity contribution in [2.45, 2.75) is 27.3 Å². The van der Waals surface area contributed by atoms with E-state index in [-0.39, 0.29) is 5.91 Å². The van der Waals surface area contributed by atoms with Crippen LogP contribution in [0.3, 0.4) is 0 Å². The molecule has 5 rings (SSSR count). The number of aryl methyl sites for hydroxylation is 2. The average molecular weight is 503 g/mol. The first-order valence-electron chi connectivity index (χ1n) is 11.0.